The summed E-state index contributed by atoms with van der Waals surface area (Å²) in [6, 6.07) is 7.75. The molecule has 26 heavy (non-hydrogen) atoms. The van der Waals surface area contributed by atoms with Crippen molar-refractivity contribution in [2.45, 2.75) is 71.8 Å². The van der Waals surface area contributed by atoms with Gasteiger partial charge < -0.3 is 9.47 Å². The monoisotopic (exact) mass is 426 g/mol. The lowest BCUT2D eigenvalue weighted by atomic mass is 9.76. The number of ether oxygens (including phenoxy) is 2. The molecule has 1 atom stereocenters. The molecule has 0 heterocycles. The molecule has 5 heteroatoms. The largest absolute Gasteiger partial charge is 0.469 e. The molecule has 1 rings (SSSR count). The summed E-state index contributed by atoms with van der Waals surface area (Å²) < 4.78 is 11.5. The molecule has 0 N–H and O–H groups in total. The molecule has 1 aromatic rings. The van der Waals surface area contributed by atoms with Gasteiger partial charge >= 0.3 is 11.9 Å². The minimum Gasteiger partial charge on any atom is -0.469 e. The predicted octanol–water partition coefficient (Wildman–Crippen LogP) is 5.42. The summed E-state index contributed by atoms with van der Waals surface area (Å²) >= 11 is 3.48. The zero-order chi connectivity index (χ0) is 20.2. The number of carbonyl (C=O) groups excluding carboxylic acids is 2. The molecule has 0 saturated heterocycles. The summed E-state index contributed by atoms with van der Waals surface area (Å²) in [7, 11) is 1.40. The van der Waals surface area contributed by atoms with Gasteiger partial charge in [0, 0.05) is 4.47 Å². The van der Waals surface area contributed by atoms with E-state index in [1.807, 2.05) is 65.8 Å². The molecule has 1 aromatic carbocycles. The van der Waals surface area contributed by atoms with Crippen LogP contribution in [0.25, 0.3) is 0 Å². The molecule has 0 bridgehead atoms. The highest BCUT2D eigenvalue weighted by molar-refractivity contribution is 9.10. The molecule has 0 aliphatic carbocycles. The van der Waals surface area contributed by atoms with Crippen molar-refractivity contribution in [1.82, 2.24) is 0 Å². The number of halogens is 1. The molecule has 0 aliphatic rings. The molecule has 1 unspecified atom stereocenters. The number of benzene rings is 1. The Hall–Kier alpha value is -1.36. The van der Waals surface area contributed by atoms with Crippen LogP contribution < -0.4 is 0 Å². The lowest BCUT2D eigenvalue weighted by molar-refractivity contribution is -0.162. The van der Waals surface area contributed by atoms with Crippen molar-refractivity contribution in [3.05, 3.63) is 34.3 Å². The number of hydrogen-bond acceptors (Lipinski definition) is 4. The Bertz CT molecular complexity index is 646. The Morgan fingerprint density at radius 3 is 2.12 bits per heavy atom. The van der Waals surface area contributed by atoms with Gasteiger partial charge in [0.25, 0.3) is 0 Å². The van der Waals surface area contributed by atoms with E-state index in [0.717, 1.165) is 10.0 Å². The normalized spacial score (nSPS) is 14.5. The van der Waals surface area contributed by atoms with Crippen LogP contribution in [0.5, 0.6) is 0 Å². The molecule has 0 amide bonds. The Kier molecular flexibility index (Phi) is 7.46. The molecular weight excluding hydrogens is 396 g/mol. The summed E-state index contributed by atoms with van der Waals surface area (Å²) in [6.45, 7) is 11.2. The van der Waals surface area contributed by atoms with E-state index in [9.17, 15) is 9.59 Å². The standard InChI is InChI=1S/C21H31BrO4/c1-19(2,3)26-18(24)21(6,15-10-8-11-16(22)14-15)13-9-12-20(4,5)17(23)25-7/h8,10-11,14H,9,12-13H2,1-7H3. The van der Waals surface area contributed by atoms with E-state index in [1.54, 1.807) is 0 Å². The van der Waals surface area contributed by atoms with Crippen LogP contribution in [0, 0.1) is 5.41 Å². The highest BCUT2D eigenvalue weighted by atomic mass is 79.9. The van der Waals surface area contributed by atoms with Crippen LogP contribution in [-0.2, 0) is 24.5 Å². The quantitative estimate of drug-likeness (QED) is 0.546. The van der Waals surface area contributed by atoms with Crippen molar-refractivity contribution in [2.24, 2.45) is 5.41 Å². The summed E-state index contributed by atoms with van der Waals surface area (Å²) in [5.74, 6) is -0.488. The van der Waals surface area contributed by atoms with Crippen LogP contribution in [0.4, 0.5) is 0 Å². The van der Waals surface area contributed by atoms with E-state index < -0.39 is 16.4 Å². The number of rotatable bonds is 7. The summed E-state index contributed by atoms with van der Waals surface area (Å²) in [5.41, 5.74) is -1.03. The van der Waals surface area contributed by atoms with Crippen molar-refractivity contribution < 1.29 is 19.1 Å². The van der Waals surface area contributed by atoms with Gasteiger partial charge in [-0.05, 0) is 72.1 Å². The van der Waals surface area contributed by atoms with Crippen LogP contribution in [0.3, 0.4) is 0 Å². The highest BCUT2D eigenvalue weighted by Crippen LogP contribution is 2.36. The van der Waals surface area contributed by atoms with Crippen LogP contribution >= 0.6 is 15.9 Å². The Labute approximate surface area is 165 Å². The number of hydrogen-bond donors (Lipinski definition) is 0. The smallest absolute Gasteiger partial charge is 0.316 e. The predicted molar refractivity (Wildman–Crippen MR) is 107 cm³/mol. The van der Waals surface area contributed by atoms with Gasteiger partial charge in [0.1, 0.15) is 5.60 Å². The number of carbonyl (C=O) groups is 2. The van der Waals surface area contributed by atoms with E-state index in [4.69, 9.17) is 9.47 Å². The van der Waals surface area contributed by atoms with Gasteiger partial charge in [-0.15, -0.1) is 0 Å². The molecule has 146 valence electrons. The maximum atomic E-state index is 13.0. The maximum Gasteiger partial charge on any atom is 0.316 e. The number of esters is 2. The Morgan fingerprint density at radius 1 is 1.00 bits per heavy atom. The fourth-order valence-corrected chi connectivity index (χ4v) is 3.25. The van der Waals surface area contributed by atoms with Crippen LogP contribution in [0.15, 0.2) is 28.7 Å². The second-order valence-corrected chi connectivity index (χ2v) is 9.49. The van der Waals surface area contributed by atoms with Gasteiger partial charge in [-0.1, -0.05) is 34.5 Å². The first kappa shape index (κ1) is 22.7. The topological polar surface area (TPSA) is 52.6 Å². The average molecular weight is 427 g/mol. The van der Waals surface area contributed by atoms with E-state index in [0.29, 0.717) is 19.3 Å². The molecule has 0 radical (unpaired) electrons. The molecule has 0 aliphatic heterocycles. The highest BCUT2D eigenvalue weighted by Gasteiger charge is 2.39. The first-order valence-corrected chi connectivity index (χ1v) is 9.69. The van der Waals surface area contributed by atoms with E-state index >= 15 is 0 Å². The third kappa shape index (κ3) is 6.11. The summed E-state index contributed by atoms with van der Waals surface area (Å²) in [5, 5.41) is 0. The molecule has 4 nitrogen and oxygen atoms in total. The Morgan fingerprint density at radius 2 is 1.62 bits per heavy atom. The molecule has 0 spiro atoms. The van der Waals surface area contributed by atoms with Gasteiger partial charge in [-0.2, -0.15) is 0 Å². The van der Waals surface area contributed by atoms with E-state index in [1.165, 1.54) is 7.11 Å². The van der Waals surface area contributed by atoms with Crippen molar-refractivity contribution in [3.8, 4) is 0 Å². The van der Waals surface area contributed by atoms with Crippen molar-refractivity contribution in [3.63, 3.8) is 0 Å². The third-order valence-corrected chi connectivity index (χ3v) is 5.02. The maximum absolute atomic E-state index is 13.0. The average Bonchev–Trinajstić information content (AvgIpc) is 2.51. The molecule has 0 saturated carbocycles. The van der Waals surface area contributed by atoms with Crippen LogP contribution in [0.2, 0.25) is 0 Å². The van der Waals surface area contributed by atoms with Crippen molar-refractivity contribution >= 4 is 27.9 Å². The summed E-state index contributed by atoms with van der Waals surface area (Å²) in [6.07, 6.45) is 1.91. The minimum atomic E-state index is -0.788. The van der Waals surface area contributed by atoms with Crippen LogP contribution in [0.1, 0.15) is 66.4 Å². The van der Waals surface area contributed by atoms with Gasteiger partial charge in [0.05, 0.1) is 17.9 Å². The molecule has 0 fully saturated rings. The Balaban J connectivity index is 3.06. The lowest BCUT2D eigenvalue weighted by Gasteiger charge is -2.33. The van der Waals surface area contributed by atoms with Gasteiger partial charge in [-0.3, -0.25) is 9.59 Å². The van der Waals surface area contributed by atoms with Gasteiger partial charge in [-0.25, -0.2) is 0 Å². The van der Waals surface area contributed by atoms with Crippen molar-refractivity contribution in [2.75, 3.05) is 7.11 Å². The second kappa shape index (κ2) is 8.55. The fourth-order valence-electron chi connectivity index (χ4n) is 2.85. The van der Waals surface area contributed by atoms with Gasteiger partial charge in [0.15, 0.2) is 0 Å². The number of methoxy groups -OCH3 is 1. The first-order chi connectivity index (χ1) is 11.8. The molecule has 0 aromatic heterocycles. The summed E-state index contributed by atoms with van der Waals surface area (Å²) in [4.78, 5) is 24.9. The van der Waals surface area contributed by atoms with Crippen molar-refractivity contribution in [1.29, 1.82) is 0 Å². The third-order valence-electron chi connectivity index (χ3n) is 4.53. The molecular formula is C21H31BrO4. The zero-order valence-electron chi connectivity index (χ0n) is 16.9. The van der Waals surface area contributed by atoms with E-state index in [-0.39, 0.29) is 11.9 Å². The minimum absolute atomic E-state index is 0.237. The fraction of sp³-hybridized carbons (Fsp3) is 0.619. The van der Waals surface area contributed by atoms with Crippen LogP contribution in [-0.4, -0.2) is 24.6 Å². The van der Waals surface area contributed by atoms with E-state index in [2.05, 4.69) is 15.9 Å². The second-order valence-electron chi connectivity index (χ2n) is 8.57. The van der Waals surface area contributed by atoms with Gasteiger partial charge in [0.2, 0.25) is 0 Å². The zero-order valence-corrected chi connectivity index (χ0v) is 18.5. The SMILES string of the molecule is COC(=O)C(C)(C)CCCC(C)(C(=O)OC(C)(C)C)c1cccc(Br)c1. The lowest BCUT2D eigenvalue weighted by Crippen LogP contribution is -2.39. The first-order valence-electron chi connectivity index (χ1n) is 8.90.